The minimum absolute atomic E-state index is 0.437. The summed E-state index contributed by atoms with van der Waals surface area (Å²) < 4.78 is 5.27. The van der Waals surface area contributed by atoms with E-state index in [-0.39, 0.29) is 0 Å². The summed E-state index contributed by atoms with van der Waals surface area (Å²) in [5.41, 5.74) is 2.57. The maximum atomic E-state index is 5.27. The number of aryl methyl sites for hydroxylation is 1. The Morgan fingerprint density at radius 3 is 3.00 bits per heavy atom. The molecule has 0 saturated heterocycles. The standard InChI is InChI=1S/C12H17N3O/c1-16-9-5-8(6-9)15-12-10-3-2-4-11(10)13-7-14-12/h7-9H,2-6H2,1H3,(H,13,14,15). The Balaban J connectivity index is 1.69. The molecule has 86 valence electrons. The highest BCUT2D eigenvalue weighted by Crippen LogP contribution is 2.30. The molecule has 3 rings (SSSR count). The highest BCUT2D eigenvalue weighted by atomic mass is 16.5. The van der Waals surface area contributed by atoms with Gasteiger partial charge in [-0.2, -0.15) is 0 Å². The number of nitrogens with zero attached hydrogens (tertiary/aromatic N) is 2. The Kier molecular flexibility index (Phi) is 2.52. The van der Waals surface area contributed by atoms with E-state index in [4.69, 9.17) is 4.74 Å². The molecule has 0 atom stereocenters. The first kappa shape index (κ1) is 10.0. The van der Waals surface area contributed by atoms with E-state index in [2.05, 4.69) is 15.3 Å². The van der Waals surface area contributed by atoms with E-state index in [0.29, 0.717) is 12.1 Å². The smallest absolute Gasteiger partial charge is 0.133 e. The first-order valence-electron chi connectivity index (χ1n) is 5.99. The van der Waals surface area contributed by atoms with Crippen LogP contribution in [0.2, 0.25) is 0 Å². The number of nitrogens with one attached hydrogen (secondary N) is 1. The van der Waals surface area contributed by atoms with Crippen LogP contribution in [0.5, 0.6) is 0 Å². The van der Waals surface area contributed by atoms with Crippen LogP contribution < -0.4 is 5.32 Å². The molecule has 2 aliphatic carbocycles. The summed E-state index contributed by atoms with van der Waals surface area (Å²) in [7, 11) is 1.78. The van der Waals surface area contributed by atoms with Crippen molar-refractivity contribution in [2.24, 2.45) is 0 Å². The predicted octanol–water partition coefficient (Wildman–Crippen LogP) is 1.55. The minimum atomic E-state index is 0.437. The molecule has 0 aromatic carbocycles. The molecule has 4 nitrogen and oxygen atoms in total. The second kappa shape index (κ2) is 4.01. The molecule has 0 amide bonds. The van der Waals surface area contributed by atoms with Crippen LogP contribution in [0.3, 0.4) is 0 Å². The fraction of sp³-hybridized carbons (Fsp3) is 0.667. The second-order valence-corrected chi connectivity index (χ2v) is 4.67. The van der Waals surface area contributed by atoms with Crippen LogP contribution in [0.25, 0.3) is 0 Å². The van der Waals surface area contributed by atoms with Crippen molar-refractivity contribution in [2.45, 2.75) is 44.2 Å². The molecule has 1 aromatic heterocycles. The van der Waals surface area contributed by atoms with Crippen LogP contribution in [0.4, 0.5) is 5.82 Å². The third kappa shape index (κ3) is 1.67. The molecule has 2 aliphatic rings. The van der Waals surface area contributed by atoms with Crippen LogP contribution in [-0.2, 0) is 17.6 Å². The van der Waals surface area contributed by atoms with E-state index in [1.165, 1.54) is 17.7 Å². The summed E-state index contributed by atoms with van der Waals surface area (Å²) in [6.07, 6.45) is 7.75. The molecule has 16 heavy (non-hydrogen) atoms. The molecule has 1 saturated carbocycles. The number of ether oxygens (including phenoxy) is 1. The molecular weight excluding hydrogens is 202 g/mol. The normalized spacial score (nSPS) is 27.3. The summed E-state index contributed by atoms with van der Waals surface area (Å²) in [6, 6.07) is 0.532. The molecule has 0 aliphatic heterocycles. The summed E-state index contributed by atoms with van der Waals surface area (Å²) >= 11 is 0. The Hall–Kier alpha value is -1.16. The van der Waals surface area contributed by atoms with Gasteiger partial charge in [-0.1, -0.05) is 0 Å². The lowest BCUT2D eigenvalue weighted by Crippen LogP contribution is -2.40. The third-order valence-electron chi connectivity index (χ3n) is 3.64. The number of rotatable bonds is 3. The van der Waals surface area contributed by atoms with Crippen molar-refractivity contribution >= 4 is 5.82 Å². The highest BCUT2D eigenvalue weighted by Gasteiger charge is 2.30. The minimum Gasteiger partial charge on any atom is -0.381 e. The quantitative estimate of drug-likeness (QED) is 0.838. The first-order chi connectivity index (χ1) is 7.86. The molecule has 4 heteroatoms. The molecule has 1 aromatic rings. The Labute approximate surface area is 95.4 Å². The van der Waals surface area contributed by atoms with Gasteiger partial charge in [0.2, 0.25) is 0 Å². The summed E-state index contributed by atoms with van der Waals surface area (Å²) in [5.74, 6) is 1.06. The third-order valence-corrected chi connectivity index (χ3v) is 3.64. The second-order valence-electron chi connectivity index (χ2n) is 4.67. The monoisotopic (exact) mass is 219 g/mol. The number of methoxy groups -OCH3 is 1. The van der Waals surface area contributed by atoms with Crippen molar-refractivity contribution in [1.29, 1.82) is 0 Å². The van der Waals surface area contributed by atoms with Gasteiger partial charge in [0.1, 0.15) is 12.1 Å². The lowest BCUT2D eigenvalue weighted by molar-refractivity contribution is 0.0327. The van der Waals surface area contributed by atoms with Gasteiger partial charge in [0.15, 0.2) is 0 Å². The van der Waals surface area contributed by atoms with E-state index in [0.717, 1.165) is 31.5 Å². The van der Waals surface area contributed by atoms with Crippen molar-refractivity contribution in [2.75, 3.05) is 12.4 Å². The van der Waals surface area contributed by atoms with Crippen molar-refractivity contribution in [3.05, 3.63) is 17.6 Å². The van der Waals surface area contributed by atoms with Gasteiger partial charge in [-0.15, -0.1) is 0 Å². The van der Waals surface area contributed by atoms with Gasteiger partial charge in [0.25, 0.3) is 0 Å². The van der Waals surface area contributed by atoms with Crippen molar-refractivity contribution < 1.29 is 4.74 Å². The van der Waals surface area contributed by atoms with Crippen LogP contribution >= 0.6 is 0 Å². The van der Waals surface area contributed by atoms with E-state index in [1.54, 1.807) is 13.4 Å². The molecule has 0 radical (unpaired) electrons. The predicted molar refractivity (Wildman–Crippen MR) is 61.5 cm³/mol. The van der Waals surface area contributed by atoms with Crippen LogP contribution in [0.1, 0.15) is 30.5 Å². The van der Waals surface area contributed by atoms with E-state index in [1.807, 2.05) is 0 Å². The highest BCUT2D eigenvalue weighted by molar-refractivity contribution is 5.49. The maximum absolute atomic E-state index is 5.27. The van der Waals surface area contributed by atoms with Crippen LogP contribution in [0.15, 0.2) is 6.33 Å². The van der Waals surface area contributed by atoms with E-state index < -0.39 is 0 Å². The van der Waals surface area contributed by atoms with Crippen molar-refractivity contribution in [1.82, 2.24) is 9.97 Å². The van der Waals surface area contributed by atoms with E-state index >= 15 is 0 Å². The average Bonchev–Trinajstić information content (AvgIpc) is 2.71. The molecule has 0 spiro atoms. The average molecular weight is 219 g/mol. The number of aromatic nitrogens is 2. The van der Waals surface area contributed by atoms with Gasteiger partial charge < -0.3 is 10.1 Å². The fourth-order valence-electron chi connectivity index (χ4n) is 2.55. The largest absolute Gasteiger partial charge is 0.381 e. The molecule has 0 unspecified atom stereocenters. The molecule has 1 fully saturated rings. The van der Waals surface area contributed by atoms with Gasteiger partial charge >= 0.3 is 0 Å². The lowest BCUT2D eigenvalue weighted by atomic mass is 9.89. The SMILES string of the molecule is COC1CC(Nc2ncnc3c2CCC3)C1. The first-order valence-corrected chi connectivity index (χ1v) is 5.99. The zero-order chi connectivity index (χ0) is 11.0. The fourth-order valence-corrected chi connectivity index (χ4v) is 2.55. The van der Waals surface area contributed by atoms with Gasteiger partial charge in [-0.25, -0.2) is 9.97 Å². The van der Waals surface area contributed by atoms with Crippen molar-refractivity contribution in [3.8, 4) is 0 Å². The van der Waals surface area contributed by atoms with Gasteiger partial charge in [-0.3, -0.25) is 0 Å². The zero-order valence-corrected chi connectivity index (χ0v) is 9.57. The molecule has 1 heterocycles. The van der Waals surface area contributed by atoms with E-state index in [9.17, 15) is 0 Å². The summed E-state index contributed by atoms with van der Waals surface area (Å²) in [6.45, 7) is 0. The Bertz CT molecular complexity index is 388. The van der Waals surface area contributed by atoms with Crippen molar-refractivity contribution in [3.63, 3.8) is 0 Å². The van der Waals surface area contributed by atoms with Gasteiger partial charge in [0, 0.05) is 24.4 Å². The maximum Gasteiger partial charge on any atom is 0.133 e. The number of hydrogen-bond donors (Lipinski definition) is 1. The van der Waals surface area contributed by atoms with Crippen LogP contribution in [-0.4, -0.2) is 29.2 Å². The van der Waals surface area contributed by atoms with Gasteiger partial charge in [0.05, 0.1) is 6.10 Å². The number of hydrogen-bond acceptors (Lipinski definition) is 4. The Morgan fingerprint density at radius 1 is 1.31 bits per heavy atom. The lowest BCUT2D eigenvalue weighted by Gasteiger charge is -2.35. The number of fused-ring (bicyclic) bond motifs is 1. The molecular formula is C12H17N3O. The zero-order valence-electron chi connectivity index (χ0n) is 9.57. The van der Waals surface area contributed by atoms with Crippen LogP contribution in [0, 0.1) is 0 Å². The molecule has 1 N–H and O–H groups in total. The topological polar surface area (TPSA) is 47.0 Å². The summed E-state index contributed by atoms with van der Waals surface area (Å²) in [4.78, 5) is 8.69. The van der Waals surface area contributed by atoms with Gasteiger partial charge in [-0.05, 0) is 32.1 Å². The Morgan fingerprint density at radius 2 is 2.19 bits per heavy atom. The molecule has 0 bridgehead atoms. The number of anilines is 1. The summed E-state index contributed by atoms with van der Waals surface area (Å²) in [5, 5.41) is 3.51.